The normalized spacial score (nSPS) is 21.1. The van der Waals surface area contributed by atoms with Crippen LogP contribution in [0.2, 0.25) is 0 Å². The Morgan fingerprint density at radius 1 is 1.03 bits per heavy atom. The minimum absolute atomic E-state index is 0.0174. The summed E-state index contributed by atoms with van der Waals surface area (Å²) in [4.78, 5) is 8.69. The summed E-state index contributed by atoms with van der Waals surface area (Å²) in [6, 6.07) is 6.55. The topological polar surface area (TPSA) is 74.3 Å². The summed E-state index contributed by atoms with van der Waals surface area (Å²) in [7, 11) is -3.57. The highest BCUT2D eigenvalue weighted by Crippen LogP contribution is 2.35. The Morgan fingerprint density at radius 3 is 2.47 bits per heavy atom. The summed E-state index contributed by atoms with van der Waals surface area (Å²) < 4.78 is 29.7. The SMILES string of the molecule is Cc1ccc(-c2sc(NCC3CCCCC3)nc2C)cc1S(=O)(=O)NC1CCN(C2CC2)CC1. The van der Waals surface area contributed by atoms with E-state index < -0.39 is 10.0 Å². The molecule has 0 radical (unpaired) electrons. The van der Waals surface area contributed by atoms with Gasteiger partial charge < -0.3 is 10.2 Å². The van der Waals surface area contributed by atoms with Crippen molar-refractivity contribution in [1.82, 2.24) is 14.6 Å². The van der Waals surface area contributed by atoms with Crippen LogP contribution in [-0.2, 0) is 10.0 Å². The molecule has 2 N–H and O–H groups in total. The second kappa shape index (κ2) is 10.2. The van der Waals surface area contributed by atoms with Crippen LogP contribution in [0.1, 0.15) is 69.0 Å². The predicted molar refractivity (Wildman–Crippen MR) is 140 cm³/mol. The predicted octanol–water partition coefficient (Wildman–Crippen LogP) is 5.32. The molecule has 34 heavy (non-hydrogen) atoms. The second-order valence-corrected chi connectivity index (χ2v) is 13.1. The average molecular weight is 503 g/mol. The van der Waals surface area contributed by atoms with E-state index in [1.807, 2.05) is 32.0 Å². The number of hydrogen-bond donors (Lipinski definition) is 2. The monoisotopic (exact) mass is 502 g/mol. The van der Waals surface area contributed by atoms with Crippen molar-refractivity contribution in [3.8, 4) is 10.4 Å². The molecule has 0 unspecified atom stereocenters. The van der Waals surface area contributed by atoms with Crippen molar-refractivity contribution in [1.29, 1.82) is 0 Å². The third kappa shape index (κ3) is 5.66. The Morgan fingerprint density at radius 2 is 1.76 bits per heavy atom. The summed E-state index contributed by atoms with van der Waals surface area (Å²) in [5.41, 5.74) is 2.66. The highest BCUT2D eigenvalue weighted by Gasteiger charge is 2.33. The number of nitrogens with zero attached hydrogens (tertiary/aromatic N) is 2. The molecule has 1 aromatic carbocycles. The molecule has 2 saturated carbocycles. The summed E-state index contributed by atoms with van der Waals surface area (Å²) >= 11 is 1.63. The van der Waals surface area contributed by atoms with Crippen LogP contribution >= 0.6 is 11.3 Å². The number of anilines is 1. The van der Waals surface area contributed by atoms with Crippen LogP contribution in [0.15, 0.2) is 23.1 Å². The second-order valence-electron chi connectivity index (χ2n) is 10.5. The minimum atomic E-state index is -3.57. The largest absolute Gasteiger partial charge is 0.361 e. The van der Waals surface area contributed by atoms with Gasteiger partial charge in [-0.2, -0.15) is 0 Å². The first kappa shape index (κ1) is 24.2. The van der Waals surface area contributed by atoms with Gasteiger partial charge in [-0.05, 0) is 88.6 Å². The van der Waals surface area contributed by atoms with Crippen molar-refractivity contribution in [3.05, 3.63) is 29.5 Å². The number of benzene rings is 1. The van der Waals surface area contributed by atoms with Gasteiger partial charge in [0.2, 0.25) is 10.0 Å². The van der Waals surface area contributed by atoms with Crippen LogP contribution in [-0.4, -0.2) is 50.0 Å². The molecule has 1 aliphatic heterocycles. The van der Waals surface area contributed by atoms with E-state index in [-0.39, 0.29) is 6.04 Å². The summed E-state index contributed by atoms with van der Waals surface area (Å²) in [5.74, 6) is 0.736. The van der Waals surface area contributed by atoms with E-state index in [0.717, 1.165) is 71.3 Å². The molecule has 2 aromatic rings. The lowest BCUT2D eigenvalue weighted by Crippen LogP contribution is -2.45. The first-order valence-electron chi connectivity index (χ1n) is 13.0. The van der Waals surface area contributed by atoms with E-state index in [1.165, 1.54) is 44.9 Å². The smallest absolute Gasteiger partial charge is 0.241 e. The molecule has 6 nitrogen and oxygen atoms in total. The number of aryl methyl sites for hydroxylation is 2. The van der Waals surface area contributed by atoms with Gasteiger partial charge in [0.05, 0.1) is 15.5 Å². The number of nitrogens with one attached hydrogen (secondary N) is 2. The molecule has 5 rings (SSSR count). The molecular formula is C26H38N4O2S2. The molecule has 1 aromatic heterocycles. The fraction of sp³-hybridized carbons (Fsp3) is 0.654. The Hall–Kier alpha value is -1.48. The fourth-order valence-corrected chi connectivity index (χ4v) is 8.04. The molecule has 3 aliphatic rings. The Labute approximate surface area is 208 Å². The molecule has 2 heterocycles. The van der Waals surface area contributed by atoms with Crippen LogP contribution in [0.4, 0.5) is 5.13 Å². The molecule has 0 atom stereocenters. The van der Waals surface area contributed by atoms with E-state index in [1.54, 1.807) is 11.3 Å². The lowest BCUT2D eigenvalue weighted by Gasteiger charge is -2.32. The van der Waals surface area contributed by atoms with E-state index in [4.69, 9.17) is 4.98 Å². The summed E-state index contributed by atoms with van der Waals surface area (Å²) in [6.07, 6.45) is 11.0. The zero-order chi connectivity index (χ0) is 23.7. The van der Waals surface area contributed by atoms with Crippen LogP contribution in [0.3, 0.4) is 0 Å². The number of hydrogen-bond acceptors (Lipinski definition) is 6. The summed E-state index contributed by atoms with van der Waals surface area (Å²) in [5, 5.41) is 4.48. The number of sulfonamides is 1. The van der Waals surface area contributed by atoms with Gasteiger partial charge in [-0.25, -0.2) is 18.1 Å². The van der Waals surface area contributed by atoms with Crippen molar-refractivity contribution >= 4 is 26.5 Å². The third-order valence-electron chi connectivity index (χ3n) is 7.72. The van der Waals surface area contributed by atoms with Gasteiger partial charge in [0.1, 0.15) is 0 Å². The highest BCUT2D eigenvalue weighted by molar-refractivity contribution is 7.89. The molecular weight excluding hydrogens is 464 g/mol. The molecule has 1 saturated heterocycles. The third-order valence-corrected chi connectivity index (χ3v) is 10.5. The van der Waals surface area contributed by atoms with E-state index in [2.05, 4.69) is 14.9 Å². The first-order chi connectivity index (χ1) is 16.4. The maximum atomic E-state index is 13.4. The van der Waals surface area contributed by atoms with Crippen molar-refractivity contribution in [2.24, 2.45) is 5.92 Å². The lowest BCUT2D eigenvalue weighted by atomic mass is 9.89. The minimum Gasteiger partial charge on any atom is -0.361 e. The van der Waals surface area contributed by atoms with Crippen LogP contribution < -0.4 is 10.0 Å². The van der Waals surface area contributed by atoms with Gasteiger partial charge in [0.25, 0.3) is 0 Å². The van der Waals surface area contributed by atoms with Gasteiger partial charge in [0, 0.05) is 18.6 Å². The Balaban J connectivity index is 1.28. The zero-order valence-corrected chi connectivity index (χ0v) is 22.1. The summed E-state index contributed by atoms with van der Waals surface area (Å²) in [6.45, 7) is 6.85. The van der Waals surface area contributed by atoms with Crippen molar-refractivity contribution in [2.75, 3.05) is 25.0 Å². The standard InChI is InChI=1S/C26H38N4O2S2/c1-18-8-9-21(25-19(2)28-26(33-25)27-17-20-6-4-3-5-7-20)16-24(18)34(31,32)29-22-12-14-30(15-13-22)23-10-11-23/h8-9,16,20,22-23,29H,3-7,10-15,17H2,1-2H3,(H,27,28). The number of aromatic nitrogens is 1. The van der Waals surface area contributed by atoms with Crippen molar-refractivity contribution < 1.29 is 8.42 Å². The molecule has 0 spiro atoms. The average Bonchev–Trinajstić information content (AvgIpc) is 3.61. The molecule has 0 bridgehead atoms. The molecule has 0 amide bonds. The molecule has 2 aliphatic carbocycles. The number of thiazole rings is 1. The van der Waals surface area contributed by atoms with E-state index in [0.29, 0.717) is 4.90 Å². The Kier molecular flexibility index (Phi) is 7.30. The van der Waals surface area contributed by atoms with Crippen molar-refractivity contribution in [2.45, 2.75) is 88.6 Å². The quantitative estimate of drug-likeness (QED) is 0.511. The van der Waals surface area contributed by atoms with Crippen LogP contribution in [0, 0.1) is 19.8 Å². The number of rotatable bonds is 8. The lowest BCUT2D eigenvalue weighted by molar-refractivity contribution is 0.199. The van der Waals surface area contributed by atoms with E-state index >= 15 is 0 Å². The molecule has 3 fully saturated rings. The maximum Gasteiger partial charge on any atom is 0.241 e. The highest BCUT2D eigenvalue weighted by atomic mass is 32.2. The van der Waals surface area contributed by atoms with Crippen molar-refractivity contribution in [3.63, 3.8) is 0 Å². The van der Waals surface area contributed by atoms with E-state index in [9.17, 15) is 8.42 Å². The number of likely N-dealkylation sites (tertiary alicyclic amines) is 1. The Bertz CT molecular complexity index is 1100. The first-order valence-corrected chi connectivity index (χ1v) is 15.3. The fourth-order valence-electron chi connectivity index (χ4n) is 5.50. The van der Waals surface area contributed by atoms with Gasteiger partial charge in [-0.15, -0.1) is 0 Å². The molecule has 8 heteroatoms. The van der Waals surface area contributed by atoms with Gasteiger partial charge in [-0.1, -0.05) is 42.7 Å². The maximum absolute atomic E-state index is 13.4. The number of piperidine rings is 1. The van der Waals surface area contributed by atoms with Gasteiger partial charge in [0.15, 0.2) is 5.13 Å². The van der Waals surface area contributed by atoms with Gasteiger partial charge >= 0.3 is 0 Å². The zero-order valence-electron chi connectivity index (χ0n) is 20.5. The van der Waals surface area contributed by atoms with Gasteiger partial charge in [-0.3, -0.25) is 0 Å². The molecule has 186 valence electrons. The van der Waals surface area contributed by atoms with Crippen LogP contribution in [0.5, 0.6) is 0 Å². The van der Waals surface area contributed by atoms with Crippen LogP contribution in [0.25, 0.3) is 10.4 Å².